The van der Waals surface area contributed by atoms with Crippen molar-refractivity contribution in [3.05, 3.63) is 58.4 Å². The maximum atomic E-state index is 5.60. The van der Waals surface area contributed by atoms with Gasteiger partial charge in [-0.05, 0) is 49.2 Å². The lowest BCUT2D eigenvalue weighted by molar-refractivity contribution is 0.490. The Bertz CT molecular complexity index is 726. The van der Waals surface area contributed by atoms with Crippen LogP contribution in [0.3, 0.4) is 0 Å². The van der Waals surface area contributed by atoms with E-state index in [4.69, 9.17) is 4.42 Å². The van der Waals surface area contributed by atoms with E-state index < -0.39 is 0 Å². The monoisotopic (exact) mass is 285 g/mol. The normalized spacial score (nSPS) is 12.9. The predicted molar refractivity (Wildman–Crippen MR) is 85.3 cm³/mol. The molecule has 1 unspecified atom stereocenters. The van der Waals surface area contributed by atoms with Crippen molar-refractivity contribution < 1.29 is 4.42 Å². The van der Waals surface area contributed by atoms with E-state index in [-0.39, 0.29) is 0 Å². The van der Waals surface area contributed by atoms with E-state index in [9.17, 15) is 0 Å². The summed E-state index contributed by atoms with van der Waals surface area (Å²) in [5.74, 6) is 1.99. The van der Waals surface area contributed by atoms with Crippen LogP contribution in [-0.2, 0) is 6.54 Å². The van der Waals surface area contributed by atoms with Crippen LogP contribution in [0.4, 0.5) is 0 Å². The van der Waals surface area contributed by atoms with Gasteiger partial charge in [-0.15, -0.1) is 11.3 Å². The average molecular weight is 285 g/mol. The zero-order chi connectivity index (χ0) is 14.1. The van der Waals surface area contributed by atoms with Gasteiger partial charge in [0.15, 0.2) is 0 Å². The summed E-state index contributed by atoms with van der Waals surface area (Å²) in [4.78, 5) is 0. The van der Waals surface area contributed by atoms with Crippen molar-refractivity contribution in [3.63, 3.8) is 0 Å². The highest BCUT2D eigenvalue weighted by Gasteiger charge is 2.13. The molecule has 0 saturated carbocycles. The molecule has 0 radical (unpaired) electrons. The Kier molecular flexibility index (Phi) is 3.64. The highest BCUT2D eigenvalue weighted by Crippen LogP contribution is 2.27. The third-order valence-electron chi connectivity index (χ3n) is 3.71. The van der Waals surface area contributed by atoms with Gasteiger partial charge in [0.05, 0.1) is 0 Å². The number of benzene rings is 1. The van der Waals surface area contributed by atoms with E-state index in [0.29, 0.717) is 6.04 Å². The van der Waals surface area contributed by atoms with Gasteiger partial charge in [0.1, 0.15) is 11.5 Å². The fourth-order valence-electron chi connectivity index (χ4n) is 2.62. The van der Waals surface area contributed by atoms with Gasteiger partial charge < -0.3 is 9.73 Å². The summed E-state index contributed by atoms with van der Waals surface area (Å²) >= 11 is 1.81. The zero-order valence-electron chi connectivity index (χ0n) is 12.1. The highest BCUT2D eigenvalue weighted by molar-refractivity contribution is 7.17. The van der Waals surface area contributed by atoms with Crippen molar-refractivity contribution in [2.75, 3.05) is 0 Å². The van der Waals surface area contributed by atoms with E-state index in [1.54, 1.807) is 0 Å². The maximum Gasteiger partial charge on any atom is 0.105 e. The van der Waals surface area contributed by atoms with Crippen LogP contribution in [0, 0.1) is 13.8 Å². The molecule has 0 saturated heterocycles. The summed E-state index contributed by atoms with van der Waals surface area (Å²) in [7, 11) is 0. The number of nitrogens with one attached hydrogen (secondary N) is 1. The van der Waals surface area contributed by atoms with Gasteiger partial charge in [-0.3, -0.25) is 0 Å². The molecule has 1 N–H and O–H groups in total. The fourth-order valence-corrected chi connectivity index (χ4v) is 3.59. The molecule has 0 bridgehead atoms. The molecule has 0 aliphatic carbocycles. The largest absolute Gasteiger partial charge is 0.466 e. The van der Waals surface area contributed by atoms with E-state index in [1.165, 1.54) is 21.2 Å². The fraction of sp³-hybridized carbons (Fsp3) is 0.294. The van der Waals surface area contributed by atoms with Crippen LogP contribution >= 0.6 is 11.3 Å². The topological polar surface area (TPSA) is 25.2 Å². The average Bonchev–Trinajstić information content (AvgIpc) is 2.99. The minimum atomic E-state index is 0.297. The summed E-state index contributed by atoms with van der Waals surface area (Å²) in [5.41, 5.74) is 2.62. The number of rotatable bonds is 4. The number of aryl methyl sites for hydroxylation is 2. The number of hydrogen-bond donors (Lipinski definition) is 1. The molecular formula is C17H19NOS. The van der Waals surface area contributed by atoms with Gasteiger partial charge in [-0.2, -0.15) is 0 Å². The molecule has 2 nitrogen and oxygen atoms in total. The van der Waals surface area contributed by atoms with Gasteiger partial charge in [0.2, 0.25) is 0 Å². The lowest BCUT2D eigenvalue weighted by Gasteiger charge is -2.12. The van der Waals surface area contributed by atoms with Gasteiger partial charge in [0.25, 0.3) is 0 Å². The molecule has 3 heteroatoms. The summed E-state index contributed by atoms with van der Waals surface area (Å²) in [5, 5.41) is 7.20. The standard InChI is InChI=1S/C17H19NOS/c1-11-8-16(13(3)19-11)12(2)18-9-14-10-20-17-7-5-4-6-15(14)17/h4-8,10,12,18H,9H2,1-3H3. The van der Waals surface area contributed by atoms with Crippen LogP contribution in [0.2, 0.25) is 0 Å². The summed E-state index contributed by atoms with van der Waals surface area (Å²) < 4.78 is 6.96. The first-order valence-corrected chi connectivity index (χ1v) is 7.78. The van der Waals surface area contributed by atoms with E-state index in [1.807, 2.05) is 25.2 Å². The van der Waals surface area contributed by atoms with Crippen molar-refractivity contribution in [3.8, 4) is 0 Å². The van der Waals surface area contributed by atoms with E-state index in [2.05, 4.69) is 48.0 Å². The van der Waals surface area contributed by atoms with Gasteiger partial charge in [-0.1, -0.05) is 18.2 Å². The highest BCUT2D eigenvalue weighted by atomic mass is 32.1. The molecule has 2 heterocycles. The molecule has 3 aromatic rings. The second-order valence-electron chi connectivity index (χ2n) is 5.23. The minimum absolute atomic E-state index is 0.297. The summed E-state index contributed by atoms with van der Waals surface area (Å²) in [6.07, 6.45) is 0. The third-order valence-corrected chi connectivity index (χ3v) is 4.72. The van der Waals surface area contributed by atoms with E-state index >= 15 is 0 Å². The Morgan fingerprint density at radius 1 is 1.25 bits per heavy atom. The molecule has 1 atom stereocenters. The Morgan fingerprint density at radius 2 is 2.05 bits per heavy atom. The molecule has 104 valence electrons. The molecular weight excluding hydrogens is 266 g/mol. The molecule has 2 aromatic heterocycles. The molecule has 20 heavy (non-hydrogen) atoms. The zero-order valence-corrected chi connectivity index (χ0v) is 12.9. The minimum Gasteiger partial charge on any atom is -0.466 e. The van der Waals surface area contributed by atoms with Crippen molar-refractivity contribution >= 4 is 21.4 Å². The Labute approximate surface area is 123 Å². The van der Waals surface area contributed by atoms with Crippen molar-refractivity contribution in [1.29, 1.82) is 0 Å². The molecule has 0 aliphatic rings. The van der Waals surface area contributed by atoms with Gasteiger partial charge in [-0.25, -0.2) is 0 Å². The SMILES string of the molecule is Cc1cc(C(C)NCc2csc3ccccc23)c(C)o1. The predicted octanol–water partition coefficient (Wildman–Crippen LogP) is 4.96. The first kappa shape index (κ1) is 13.4. The quantitative estimate of drug-likeness (QED) is 0.732. The molecule has 0 spiro atoms. The summed E-state index contributed by atoms with van der Waals surface area (Å²) in [6, 6.07) is 11.0. The van der Waals surface area contributed by atoms with E-state index in [0.717, 1.165) is 18.1 Å². The molecule has 0 fully saturated rings. The third kappa shape index (κ3) is 2.51. The molecule has 0 aliphatic heterocycles. The second-order valence-corrected chi connectivity index (χ2v) is 6.14. The Morgan fingerprint density at radius 3 is 2.80 bits per heavy atom. The van der Waals surface area contributed by atoms with Crippen molar-refractivity contribution in [2.24, 2.45) is 0 Å². The number of thiophene rings is 1. The summed E-state index contributed by atoms with van der Waals surface area (Å²) in [6.45, 7) is 7.09. The van der Waals surface area contributed by atoms with Crippen molar-refractivity contribution in [2.45, 2.75) is 33.4 Å². The molecule has 0 amide bonds. The smallest absolute Gasteiger partial charge is 0.105 e. The Hall–Kier alpha value is -1.58. The first-order valence-electron chi connectivity index (χ1n) is 6.90. The molecule has 1 aromatic carbocycles. The van der Waals surface area contributed by atoms with Crippen LogP contribution in [0.15, 0.2) is 40.1 Å². The van der Waals surface area contributed by atoms with Gasteiger partial charge >= 0.3 is 0 Å². The van der Waals surface area contributed by atoms with Crippen molar-refractivity contribution in [1.82, 2.24) is 5.32 Å². The van der Waals surface area contributed by atoms with Crippen LogP contribution < -0.4 is 5.32 Å². The first-order chi connectivity index (χ1) is 9.65. The maximum absolute atomic E-state index is 5.60. The lowest BCUT2D eigenvalue weighted by Crippen LogP contribution is -2.18. The van der Waals surface area contributed by atoms with Crippen LogP contribution in [0.1, 0.15) is 35.6 Å². The Balaban J connectivity index is 1.74. The number of furan rings is 1. The van der Waals surface area contributed by atoms with Crippen LogP contribution in [0.5, 0.6) is 0 Å². The second kappa shape index (κ2) is 5.43. The van der Waals surface area contributed by atoms with Crippen LogP contribution in [-0.4, -0.2) is 0 Å². The van der Waals surface area contributed by atoms with Gasteiger partial charge in [0, 0.05) is 22.8 Å². The van der Waals surface area contributed by atoms with Crippen LogP contribution in [0.25, 0.3) is 10.1 Å². The number of fused-ring (bicyclic) bond motifs is 1. The lowest BCUT2D eigenvalue weighted by atomic mass is 10.1. The molecule has 3 rings (SSSR count). The number of hydrogen-bond acceptors (Lipinski definition) is 3.